The number of nitrogens with one attached hydrogen (secondary N) is 1. The van der Waals surface area contributed by atoms with E-state index in [-0.39, 0.29) is 36.1 Å². The van der Waals surface area contributed by atoms with Crippen LogP contribution < -0.4 is 11.1 Å². The average Bonchev–Trinajstić information content (AvgIpc) is 2.40. The molecule has 1 aromatic rings. The van der Waals surface area contributed by atoms with Crippen LogP contribution >= 0.6 is 12.4 Å². The number of benzene rings is 1. The van der Waals surface area contributed by atoms with Crippen LogP contribution in [0.25, 0.3) is 0 Å². The first-order chi connectivity index (χ1) is 9.38. The number of carbonyl (C=O) groups excluding carboxylic acids is 1. The maximum absolute atomic E-state index is 13.8. The van der Waals surface area contributed by atoms with E-state index >= 15 is 0 Å². The molecule has 6 heteroatoms. The lowest BCUT2D eigenvalue weighted by Crippen LogP contribution is -2.48. The minimum Gasteiger partial charge on any atom is -0.375 e. The maximum Gasteiger partial charge on any atom is 0.237 e. The minimum absolute atomic E-state index is 0. The largest absolute Gasteiger partial charge is 0.375 e. The van der Waals surface area contributed by atoms with Gasteiger partial charge in [-0.15, -0.1) is 12.4 Å². The van der Waals surface area contributed by atoms with Gasteiger partial charge in [-0.05, 0) is 18.9 Å². The molecule has 0 bridgehead atoms. The first kappa shape index (κ1) is 19.8. The summed E-state index contributed by atoms with van der Waals surface area (Å²) in [6, 6.07) is 5.40. The van der Waals surface area contributed by atoms with Crippen LogP contribution in [0.4, 0.5) is 4.39 Å². The smallest absolute Gasteiger partial charge is 0.237 e. The number of ether oxygens (including phenoxy) is 1. The molecule has 3 N–H and O–H groups in total. The molecule has 2 unspecified atom stereocenters. The molecular formula is C15H24ClFN2O2. The van der Waals surface area contributed by atoms with E-state index in [0.717, 1.165) is 0 Å². The van der Waals surface area contributed by atoms with E-state index in [9.17, 15) is 9.18 Å². The van der Waals surface area contributed by atoms with Crippen LogP contribution in [0.5, 0.6) is 0 Å². The second-order valence-electron chi connectivity index (χ2n) is 5.24. The highest BCUT2D eigenvalue weighted by Gasteiger charge is 2.26. The second kappa shape index (κ2) is 8.97. The number of carbonyl (C=O) groups is 1. The molecule has 0 aliphatic heterocycles. The van der Waals surface area contributed by atoms with Gasteiger partial charge in [0.2, 0.25) is 5.91 Å². The van der Waals surface area contributed by atoms with Gasteiger partial charge in [-0.3, -0.25) is 4.79 Å². The Bertz CT molecular complexity index is 457. The molecule has 0 aliphatic rings. The first-order valence-electron chi connectivity index (χ1n) is 6.71. The Morgan fingerprint density at radius 1 is 1.29 bits per heavy atom. The molecule has 120 valence electrons. The van der Waals surface area contributed by atoms with Gasteiger partial charge in [-0.1, -0.05) is 32.0 Å². The Morgan fingerprint density at radius 3 is 2.33 bits per heavy atom. The van der Waals surface area contributed by atoms with E-state index in [1.165, 1.54) is 13.2 Å². The van der Waals surface area contributed by atoms with Gasteiger partial charge in [0.05, 0.1) is 12.1 Å². The number of methoxy groups -OCH3 is 1. The summed E-state index contributed by atoms with van der Waals surface area (Å²) in [7, 11) is 1.49. The Hall–Kier alpha value is -1.17. The number of hydrogen-bond donors (Lipinski definition) is 2. The van der Waals surface area contributed by atoms with Crippen molar-refractivity contribution in [2.45, 2.75) is 39.0 Å². The van der Waals surface area contributed by atoms with Crippen LogP contribution in [0.2, 0.25) is 0 Å². The predicted molar refractivity (Wildman–Crippen MR) is 83.8 cm³/mol. The minimum atomic E-state index is -0.587. The fourth-order valence-corrected chi connectivity index (χ4v) is 2.01. The molecule has 0 aliphatic carbocycles. The highest BCUT2D eigenvalue weighted by Crippen LogP contribution is 2.23. The summed E-state index contributed by atoms with van der Waals surface area (Å²) in [4.78, 5) is 11.9. The summed E-state index contributed by atoms with van der Waals surface area (Å²) in [5, 5.41) is 2.78. The van der Waals surface area contributed by atoms with Gasteiger partial charge < -0.3 is 15.8 Å². The Kier molecular flexibility index (Phi) is 8.47. The average molecular weight is 319 g/mol. The van der Waals surface area contributed by atoms with Crippen molar-refractivity contribution in [3.05, 3.63) is 35.6 Å². The Labute approximate surface area is 131 Å². The van der Waals surface area contributed by atoms with Gasteiger partial charge >= 0.3 is 0 Å². The molecule has 4 nitrogen and oxygen atoms in total. The first-order valence-corrected chi connectivity index (χ1v) is 6.71. The van der Waals surface area contributed by atoms with Crippen LogP contribution in [0.1, 0.15) is 32.4 Å². The zero-order valence-corrected chi connectivity index (χ0v) is 13.6. The monoisotopic (exact) mass is 318 g/mol. The summed E-state index contributed by atoms with van der Waals surface area (Å²) in [6.45, 7) is 5.52. The van der Waals surface area contributed by atoms with Crippen molar-refractivity contribution < 1.29 is 13.9 Å². The standard InChI is InChI=1S/C15H23FN2O2.ClH/c1-9(2)13(17)15(19)18-10(3)14(20-4)11-7-5-6-8-12(11)16;/h5-10,13-14H,17H2,1-4H3,(H,18,19);1H/t10?,13-,14?;/m0./s1. The predicted octanol–water partition coefficient (Wildman–Crippen LogP) is 2.42. The Morgan fingerprint density at radius 2 is 1.86 bits per heavy atom. The summed E-state index contributed by atoms with van der Waals surface area (Å²) in [6.07, 6.45) is -0.556. The molecule has 1 aromatic carbocycles. The Balaban J connectivity index is 0.00000400. The van der Waals surface area contributed by atoms with E-state index in [1.54, 1.807) is 25.1 Å². The lowest BCUT2D eigenvalue weighted by Gasteiger charge is -2.26. The quantitative estimate of drug-likeness (QED) is 0.846. The second-order valence-corrected chi connectivity index (χ2v) is 5.24. The van der Waals surface area contributed by atoms with Gasteiger partial charge in [-0.25, -0.2) is 4.39 Å². The molecule has 21 heavy (non-hydrogen) atoms. The van der Waals surface area contributed by atoms with Crippen molar-refractivity contribution >= 4 is 18.3 Å². The van der Waals surface area contributed by atoms with Crippen molar-refractivity contribution in [1.29, 1.82) is 0 Å². The third-order valence-electron chi connectivity index (χ3n) is 3.31. The van der Waals surface area contributed by atoms with E-state index in [0.29, 0.717) is 5.56 Å². The number of nitrogens with two attached hydrogens (primary N) is 1. The van der Waals surface area contributed by atoms with Crippen molar-refractivity contribution in [2.24, 2.45) is 11.7 Å². The van der Waals surface area contributed by atoms with E-state index < -0.39 is 12.1 Å². The van der Waals surface area contributed by atoms with E-state index in [2.05, 4.69) is 5.32 Å². The molecule has 0 aromatic heterocycles. The number of rotatable bonds is 6. The third-order valence-corrected chi connectivity index (χ3v) is 3.31. The maximum atomic E-state index is 13.8. The van der Waals surface area contributed by atoms with Crippen LogP contribution in [0, 0.1) is 11.7 Å². The van der Waals surface area contributed by atoms with Crippen LogP contribution in [-0.2, 0) is 9.53 Å². The number of halogens is 2. The van der Waals surface area contributed by atoms with Gasteiger partial charge in [0, 0.05) is 12.7 Å². The van der Waals surface area contributed by atoms with Crippen LogP contribution in [-0.4, -0.2) is 25.1 Å². The van der Waals surface area contributed by atoms with Crippen LogP contribution in [0.3, 0.4) is 0 Å². The summed E-state index contributed by atoms with van der Waals surface area (Å²) in [5.41, 5.74) is 6.21. The molecule has 1 rings (SSSR count). The van der Waals surface area contributed by atoms with Gasteiger partial charge in [0.15, 0.2) is 0 Å². The van der Waals surface area contributed by atoms with Crippen molar-refractivity contribution in [2.75, 3.05) is 7.11 Å². The SMILES string of the molecule is COC(c1ccccc1F)C(C)NC(=O)[C@@H](N)C(C)C.Cl. The molecule has 1 amide bonds. The highest BCUT2D eigenvalue weighted by atomic mass is 35.5. The molecule has 0 heterocycles. The third kappa shape index (κ3) is 5.26. The summed E-state index contributed by atoms with van der Waals surface area (Å²) in [5.74, 6) is -0.573. The van der Waals surface area contributed by atoms with Crippen molar-refractivity contribution in [3.63, 3.8) is 0 Å². The van der Waals surface area contributed by atoms with E-state index in [4.69, 9.17) is 10.5 Å². The fourth-order valence-electron chi connectivity index (χ4n) is 2.01. The van der Waals surface area contributed by atoms with Gasteiger partial charge in [0.25, 0.3) is 0 Å². The molecule has 0 fully saturated rings. The molecule has 0 spiro atoms. The number of amides is 1. The van der Waals surface area contributed by atoms with Gasteiger partial charge in [0.1, 0.15) is 11.9 Å². The van der Waals surface area contributed by atoms with Crippen molar-refractivity contribution in [1.82, 2.24) is 5.32 Å². The van der Waals surface area contributed by atoms with Crippen LogP contribution in [0.15, 0.2) is 24.3 Å². The van der Waals surface area contributed by atoms with E-state index in [1.807, 2.05) is 13.8 Å². The molecular weight excluding hydrogens is 295 g/mol. The van der Waals surface area contributed by atoms with Gasteiger partial charge in [-0.2, -0.15) is 0 Å². The topological polar surface area (TPSA) is 64.3 Å². The zero-order valence-electron chi connectivity index (χ0n) is 12.8. The summed E-state index contributed by atoms with van der Waals surface area (Å²) < 4.78 is 19.1. The molecule has 3 atom stereocenters. The molecule has 0 saturated heterocycles. The molecule has 0 saturated carbocycles. The van der Waals surface area contributed by atoms with Crippen molar-refractivity contribution in [3.8, 4) is 0 Å². The number of hydrogen-bond acceptors (Lipinski definition) is 3. The normalized spacial score (nSPS) is 15.0. The fraction of sp³-hybridized carbons (Fsp3) is 0.533. The lowest BCUT2D eigenvalue weighted by molar-refractivity contribution is -0.124. The molecule has 0 radical (unpaired) electrons. The zero-order chi connectivity index (χ0) is 15.3. The summed E-state index contributed by atoms with van der Waals surface area (Å²) >= 11 is 0. The lowest BCUT2D eigenvalue weighted by atomic mass is 10.0. The highest BCUT2D eigenvalue weighted by molar-refractivity contribution is 5.85.